The van der Waals surface area contributed by atoms with Gasteiger partial charge in [-0.15, -0.1) is 0 Å². The van der Waals surface area contributed by atoms with Gasteiger partial charge in [0.05, 0.1) is 0 Å². The zero-order valence-corrected chi connectivity index (χ0v) is 10.9. The minimum atomic E-state index is -0.797. The molecule has 0 amide bonds. The molecule has 0 fully saturated rings. The molecule has 0 spiro atoms. The van der Waals surface area contributed by atoms with Gasteiger partial charge in [-0.05, 0) is 48.1 Å². The van der Waals surface area contributed by atoms with E-state index in [0.717, 1.165) is 11.1 Å². The van der Waals surface area contributed by atoms with Gasteiger partial charge in [0.2, 0.25) is 0 Å². The van der Waals surface area contributed by atoms with Crippen molar-refractivity contribution in [2.24, 2.45) is 0 Å². The van der Waals surface area contributed by atoms with Gasteiger partial charge in [-0.25, -0.2) is 0 Å². The summed E-state index contributed by atoms with van der Waals surface area (Å²) in [4.78, 5) is 0. The molecule has 0 bridgehead atoms. The highest BCUT2D eigenvalue weighted by molar-refractivity contribution is 8.35. The zero-order chi connectivity index (χ0) is 12.2. The number of rotatable bonds is 2. The molecule has 0 aliphatic heterocycles. The third kappa shape index (κ3) is 4.18. The van der Waals surface area contributed by atoms with Gasteiger partial charge in [0.1, 0.15) is 0 Å². The Bertz CT molecular complexity index is 424. The Labute approximate surface area is 99.2 Å². The second-order valence-corrected chi connectivity index (χ2v) is 8.33. The van der Waals surface area contributed by atoms with E-state index >= 15 is 0 Å². The Hall–Kier alpha value is -1.11. The van der Waals surface area contributed by atoms with E-state index < -0.39 is 10.0 Å². The van der Waals surface area contributed by atoms with Gasteiger partial charge in [-0.1, -0.05) is 12.0 Å². The monoisotopic (exact) mass is 237 g/mol. The van der Waals surface area contributed by atoms with Crippen molar-refractivity contribution < 1.29 is 5.11 Å². The quantitative estimate of drug-likeness (QED) is 0.608. The summed E-state index contributed by atoms with van der Waals surface area (Å²) in [5.41, 5.74) is 8.52. The van der Waals surface area contributed by atoms with Gasteiger partial charge in [0.15, 0.2) is 0 Å². The Morgan fingerprint density at radius 2 is 2.00 bits per heavy atom. The molecule has 88 valence electrons. The molecular formula is C13H19NOS. The van der Waals surface area contributed by atoms with Gasteiger partial charge in [0, 0.05) is 17.9 Å². The Balaban J connectivity index is 2.92. The third-order valence-corrected chi connectivity index (χ3v) is 2.74. The summed E-state index contributed by atoms with van der Waals surface area (Å²) in [6.07, 6.45) is 7.07. The summed E-state index contributed by atoms with van der Waals surface area (Å²) in [6.45, 7) is 0.126. The van der Waals surface area contributed by atoms with Crippen LogP contribution in [-0.2, 0) is 6.42 Å². The number of nitrogens with two attached hydrogens (primary N) is 1. The second-order valence-electron chi connectivity index (χ2n) is 4.45. The van der Waals surface area contributed by atoms with Crippen LogP contribution in [0.3, 0.4) is 0 Å². The fourth-order valence-electron chi connectivity index (χ4n) is 1.23. The molecule has 3 N–H and O–H groups in total. The lowest BCUT2D eigenvalue weighted by Crippen LogP contribution is -1.98. The molecule has 0 radical (unpaired) electrons. The van der Waals surface area contributed by atoms with Gasteiger partial charge < -0.3 is 10.8 Å². The Morgan fingerprint density at radius 1 is 1.31 bits per heavy atom. The molecule has 0 aliphatic carbocycles. The highest BCUT2D eigenvalue weighted by Crippen LogP contribution is 2.32. The third-order valence-electron chi connectivity index (χ3n) is 2.03. The number of nitrogen functional groups attached to an aromatic ring is 1. The second kappa shape index (κ2) is 5.29. The fraction of sp³-hybridized carbons (Fsp3) is 0.385. The first-order valence-corrected chi connectivity index (χ1v) is 7.98. The average molecular weight is 237 g/mol. The number of hydrogen-bond acceptors (Lipinski definition) is 2. The minimum Gasteiger partial charge on any atom is -0.398 e. The van der Waals surface area contributed by atoms with Gasteiger partial charge in [-0.3, -0.25) is 0 Å². The van der Waals surface area contributed by atoms with E-state index in [1.54, 1.807) is 0 Å². The maximum absolute atomic E-state index is 8.84. The number of aliphatic hydroxyl groups is 1. The molecule has 1 aromatic rings. The van der Waals surface area contributed by atoms with Gasteiger partial charge in [-0.2, -0.15) is 10.0 Å². The predicted molar refractivity (Wildman–Crippen MR) is 73.9 cm³/mol. The summed E-state index contributed by atoms with van der Waals surface area (Å²) >= 11 is 0. The normalized spacial score (nSPS) is 11.8. The van der Waals surface area contributed by atoms with E-state index in [0.29, 0.717) is 12.1 Å². The molecule has 0 unspecified atom stereocenters. The molecule has 0 atom stereocenters. The zero-order valence-electron chi connectivity index (χ0n) is 10.1. The van der Waals surface area contributed by atoms with Gasteiger partial charge in [0.25, 0.3) is 0 Å². The summed E-state index contributed by atoms with van der Waals surface area (Å²) < 4.78 is 0. The lowest BCUT2D eigenvalue weighted by atomic mass is 10.1. The summed E-state index contributed by atoms with van der Waals surface area (Å²) in [7, 11) is -0.797. The Morgan fingerprint density at radius 3 is 2.50 bits per heavy atom. The molecule has 16 heavy (non-hydrogen) atoms. The SMILES string of the molecule is CS(C)(C)C#Cc1ccc(CCO)c(N)c1. The van der Waals surface area contributed by atoms with Crippen LogP contribution in [0, 0.1) is 11.2 Å². The van der Waals surface area contributed by atoms with Crippen molar-refractivity contribution in [3.8, 4) is 11.2 Å². The van der Waals surface area contributed by atoms with Crippen LogP contribution < -0.4 is 5.73 Å². The molecule has 2 nitrogen and oxygen atoms in total. The van der Waals surface area contributed by atoms with Crippen LogP contribution >= 0.6 is 10.0 Å². The first-order chi connectivity index (χ1) is 7.42. The fourth-order valence-corrected chi connectivity index (χ4v) is 1.66. The van der Waals surface area contributed by atoms with Crippen LogP contribution in [-0.4, -0.2) is 30.5 Å². The number of hydrogen-bond donors (Lipinski definition) is 2. The van der Waals surface area contributed by atoms with Crippen LogP contribution in [0.1, 0.15) is 11.1 Å². The standard InChI is InChI=1S/C13H19NOS/c1-16(2,3)9-7-11-4-5-12(6-8-15)13(14)10-11/h4-5,10,15H,6,8,14H2,1-3H3. The van der Waals surface area contributed by atoms with Crippen molar-refractivity contribution >= 4 is 15.7 Å². The first-order valence-electron chi connectivity index (χ1n) is 5.13. The summed E-state index contributed by atoms with van der Waals surface area (Å²) in [5, 5.41) is 12.1. The molecule has 0 heterocycles. The van der Waals surface area contributed by atoms with Crippen LogP contribution in [0.15, 0.2) is 18.2 Å². The van der Waals surface area contributed by atoms with E-state index in [1.807, 2.05) is 18.2 Å². The van der Waals surface area contributed by atoms with Crippen LogP contribution in [0.2, 0.25) is 0 Å². The molecule has 0 saturated heterocycles. The van der Waals surface area contributed by atoms with Crippen LogP contribution in [0.25, 0.3) is 0 Å². The van der Waals surface area contributed by atoms with Crippen molar-refractivity contribution in [2.75, 3.05) is 31.1 Å². The van der Waals surface area contributed by atoms with Crippen molar-refractivity contribution in [2.45, 2.75) is 6.42 Å². The molecule has 3 heteroatoms. The average Bonchev–Trinajstić information content (AvgIpc) is 2.18. The highest BCUT2D eigenvalue weighted by atomic mass is 32.3. The number of anilines is 1. The van der Waals surface area contributed by atoms with E-state index in [1.165, 1.54) is 0 Å². The van der Waals surface area contributed by atoms with E-state index in [4.69, 9.17) is 10.8 Å². The van der Waals surface area contributed by atoms with Crippen LogP contribution in [0.5, 0.6) is 0 Å². The lowest BCUT2D eigenvalue weighted by Gasteiger charge is -2.14. The predicted octanol–water partition coefficient (Wildman–Crippen LogP) is 1.81. The van der Waals surface area contributed by atoms with Crippen molar-refractivity contribution in [3.63, 3.8) is 0 Å². The topological polar surface area (TPSA) is 46.2 Å². The number of benzene rings is 1. The van der Waals surface area contributed by atoms with E-state index in [-0.39, 0.29) is 6.61 Å². The summed E-state index contributed by atoms with van der Waals surface area (Å²) in [5.74, 6) is 3.14. The maximum Gasteiger partial charge on any atom is 0.0472 e. The molecular weight excluding hydrogens is 218 g/mol. The molecule has 0 saturated carbocycles. The van der Waals surface area contributed by atoms with E-state index in [9.17, 15) is 0 Å². The van der Waals surface area contributed by atoms with Crippen molar-refractivity contribution in [3.05, 3.63) is 29.3 Å². The first kappa shape index (κ1) is 13.0. The molecule has 1 rings (SSSR count). The summed E-state index contributed by atoms with van der Waals surface area (Å²) in [6, 6.07) is 5.77. The smallest absolute Gasteiger partial charge is 0.0472 e. The maximum atomic E-state index is 8.84. The molecule has 0 aliphatic rings. The minimum absolute atomic E-state index is 0.126. The van der Waals surface area contributed by atoms with E-state index in [2.05, 4.69) is 29.9 Å². The number of aliphatic hydroxyl groups excluding tert-OH is 1. The largest absolute Gasteiger partial charge is 0.398 e. The van der Waals surface area contributed by atoms with Gasteiger partial charge >= 0.3 is 0 Å². The Kier molecular flexibility index (Phi) is 4.28. The molecule has 1 aromatic carbocycles. The van der Waals surface area contributed by atoms with Crippen molar-refractivity contribution in [1.29, 1.82) is 0 Å². The molecule has 0 aromatic heterocycles. The highest BCUT2D eigenvalue weighted by Gasteiger charge is 2.00. The lowest BCUT2D eigenvalue weighted by molar-refractivity contribution is 0.300. The van der Waals surface area contributed by atoms with Crippen LogP contribution in [0.4, 0.5) is 5.69 Å². The van der Waals surface area contributed by atoms with Crippen molar-refractivity contribution in [1.82, 2.24) is 0 Å².